The number of oxazole rings is 1. The van der Waals surface area contributed by atoms with Gasteiger partial charge in [0.2, 0.25) is 0 Å². The van der Waals surface area contributed by atoms with Crippen LogP contribution in [-0.4, -0.2) is 4.98 Å². The van der Waals surface area contributed by atoms with Gasteiger partial charge in [-0.15, -0.1) is 0 Å². The minimum absolute atomic E-state index is 0.555. The number of rotatable bonds is 2. The molecular weight excluding hydrogens is 188 g/mol. The highest BCUT2D eigenvalue weighted by molar-refractivity contribution is 5.61. The van der Waals surface area contributed by atoms with Crippen molar-refractivity contribution in [1.82, 2.24) is 4.98 Å². The van der Waals surface area contributed by atoms with E-state index >= 15 is 0 Å². The van der Waals surface area contributed by atoms with E-state index in [9.17, 15) is 0 Å². The van der Waals surface area contributed by atoms with Crippen molar-refractivity contribution in [1.29, 1.82) is 0 Å². The van der Waals surface area contributed by atoms with Gasteiger partial charge in [0.25, 0.3) is 0 Å². The standard InChI is InChI=1S/C12H12N2O/c13-10-3-1-2-9(6-10)11-7-14-12(15-11)8-4-5-8/h1-3,6-8H,4-5,13H2. The second kappa shape index (κ2) is 3.12. The van der Waals surface area contributed by atoms with Crippen molar-refractivity contribution in [2.24, 2.45) is 0 Å². The minimum atomic E-state index is 0.555. The quantitative estimate of drug-likeness (QED) is 0.758. The molecule has 1 aliphatic rings. The summed E-state index contributed by atoms with van der Waals surface area (Å²) in [5.41, 5.74) is 7.45. The van der Waals surface area contributed by atoms with Gasteiger partial charge in [-0.05, 0) is 25.0 Å². The lowest BCUT2D eigenvalue weighted by Crippen LogP contribution is -1.83. The molecule has 1 aromatic carbocycles. The van der Waals surface area contributed by atoms with E-state index in [4.69, 9.17) is 10.2 Å². The molecule has 1 saturated carbocycles. The van der Waals surface area contributed by atoms with Gasteiger partial charge < -0.3 is 10.2 Å². The zero-order valence-electron chi connectivity index (χ0n) is 8.31. The van der Waals surface area contributed by atoms with E-state index in [1.54, 1.807) is 6.20 Å². The number of nitrogens with zero attached hydrogens (tertiary/aromatic N) is 1. The monoisotopic (exact) mass is 200 g/mol. The summed E-state index contributed by atoms with van der Waals surface area (Å²) in [7, 11) is 0. The minimum Gasteiger partial charge on any atom is -0.440 e. The maximum absolute atomic E-state index is 5.71. The fraction of sp³-hybridized carbons (Fsp3) is 0.250. The Labute approximate surface area is 87.9 Å². The van der Waals surface area contributed by atoms with E-state index in [0.29, 0.717) is 5.92 Å². The van der Waals surface area contributed by atoms with Gasteiger partial charge in [0.1, 0.15) is 0 Å². The topological polar surface area (TPSA) is 52.0 Å². The molecule has 1 aliphatic carbocycles. The molecule has 0 unspecified atom stereocenters. The van der Waals surface area contributed by atoms with Crippen LogP contribution in [0.2, 0.25) is 0 Å². The summed E-state index contributed by atoms with van der Waals surface area (Å²) in [4.78, 5) is 4.28. The Kier molecular flexibility index (Phi) is 1.78. The summed E-state index contributed by atoms with van der Waals surface area (Å²) < 4.78 is 5.68. The molecule has 3 heteroatoms. The lowest BCUT2D eigenvalue weighted by Gasteiger charge is -1.97. The van der Waals surface area contributed by atoms with Crippen molar-refractivity contribution in [2.45, 2.75) is 18.8 Å². The van der Waals surface area contributed by atoms with Crippen molar-refractivity contribution in [3.63, 3.8) is 0 Å². The molecule has 1 aromatic heterocycles. The lowest BCUT2D eigenvalue weighted by molar-refractivity contribution is 0.509. The van der Waals surface area contributed by atoms with Crippen LogP contribution >= 0.6 is 0 Å². The molecule has 0 saturated heterocycles. The van der Waals surface area contributed by atoms with Crippen molar-refractivity contribution in [2.75, 3.05) is 5.73 Å². The predicted octanol–water partition coefficient (Wildman–Crippen LogP) is 2.80. The number of aromatic nitrogens is 1. The molecule has 76 valence electrons. The number of hydrogen-bond donors (Lipinski definition) is 1. The van der Waals surface area contributed by atoms with Crippen LogP contribution in [-0.2, 0) is 0 Å². The summed E-state index contributed by atoms with van der Waals surface area (Å²) >= 11 is 0. The molecule has 2 aromatic rings. The number of anilines is 1. The first-order valence-corrected chi connectivity index (χ1v) is 5.14. The third-order valence-corrected chi connectivity index (χ3v) is 2.62. The van der Waals surface area contributed by atoms with E-state index in [1.807, 2.05) is 24.3 Å². The van der Waals surface area contributed by atoms with Gasteiger partial charge in [-0.1, -0.05) is 12.1 Å². The maximum atomic E-state index is 5.71. The highest BCUT2D eigenvalue weighted by Gasteiger charge is 2.28. The van der Waals surface area contributed by atoms with Crippen molar-refractivity contribution >= 4 is 5.69 Å². The van der Waals surface area contributed by atoms with Crippen LogP contribution < -0.4 is 5.73 Å². The molecule has 2 N–H and O–H groups in total. The normalized spacial score (nSPS) is 15.5. The van der Waals surface area contributed by atoms with Gasteiger partial charge in [-0.3, -0.25) is 0 Å². The number of hydrogen-bond acceptors (Lipinski definition) is 3. The zero-order valence-corrected chi connectivity index (χ0v) is 8.31. The molecule has 0 amide bonds. The second-order valence-electron chi connectivity index (χ2n) is 3.96. The van der Waals surface area contributed by atoms with Gasteiger partial charge in [0.15, 0.2) is 11.7 Å². The van der Waals surface area contributed by atoms with Crippen LogP contribution in [0.5, 0.6) is 0 Å². The Morgan fingerprint density at radius 1 is 1.33 bits per heavy atom. The SMILES string of the molecule is Nc1cccc(-c2cnc(C3CC3)o2)c1. The molecule has 0 radical (unpaired) electrons. The third kappa shape index (κ3) is 1.61. The van der Waals surface area contributed by atoms with Gasteiger partial charge >= 0.3 is 0 Å². The summed E-state index contributed by atoms with van der Waals surface area (Å²) in [6, 6.07) is 7.66. The predicted molar refractivity (Wildman–Crippen MR) is 58.3 cm³/mol. The number of nitrogens with two attached hydrogens (primary N) is 1. The maximum Gasteiger partial charge on any atom is 0.198 e. The molecule has 1 heterocycles. The van der Waals surface area contributed by atoms with E-state index in [1.165, 1.54) is 12.8 Å². The van der Waals surface area contributed by atoms with E-state index in [-0.39, 0.29) is 0 Å². The van der Waals surface area contributed by atoms with E-state index in [0.717, 1.165) is 22.9 Å². The Bertz CT molecular complexity index is 486. The van der Waals surface area contributed by atoms with Gasteiger partial charge in [-0.25, -0.2) is 4.98 Å². The summed E-state index contributed by atoms with van der Waals surface area (Å²) in [5.74, 6) is 2.23. The fourth-order valence-electron chi connectivity index (χ4n) is 1.63. The smallest absolute Gasteiger partial charge is 0.198 e. The second-order valence-corrected chi connectivity index (χ2v) is 3.96. The Hall–Kier alpha value is -1.77. The first kappa shape index (κ1) is 8.53. The zero-order chi connectivity index (χ0) is 10.3. The highest BCUT2D eigenvalue weighted by atomic mass is 16.4. The largest absolute Gasteiger partial charge is 0.440 e. The average molecular weight is 200 g/mol. The van der Waals surface area contributed by atoms with E-state index in [2.05, 4.69) is 4.98 Å². The van der Waals surface area contributed by atoms with Crippen molar-refractivity contribution < 1.29 is 4.42 Å². The Morgan fingerprint density at radius 3 is 2.93 bits per heavy atom. The molecule has 0 aliphatic heterocycles. The van der Waals surface area contributed by atoms with Gasteiger partial charge in [0, 0.05) is 17.2 Å². The molecule has 0 spiro atoms. The van der Waals surface area contributed by atoms with Crippen LogP contribution in [0, 0.1) is 0 Å². The van der Waals surface area contributed by atoms with Crippen molar-refractivity contribution in [3.05, 3.63) is 36.4 Å². The number of benzene rings is 1. The summed E-state index contributed by atoms with van der Waals surface area (Å²) in [5, 5.41) is 0. The third-order valence-electron chi connectivity index (χ3n) is 2.62. The molecule has 15 heavy (non-hydrogen) atoms. The molecule has 3 rings (SSSR count). The van der Waals surface area contributed by atoms with Gasteiger partial charge in [-0.2, -0.15) is 0 Å². The van der Waals surface area contributed by atoms with E-state index < -0.39 is 0 Å². The summed E-state index contributed by atoms with van der Waals surface area (Å²) in [6.45, 7) is 0. The van der Waals surface area contributed by atoms with Gasteiger partial charge in [0.05, 0.1) is 6.20 Å². The van der Waals surface area contributed by atoms with Crippen LogP contribution in [0.1, 0.15) is 24.7 Å². The first-order valence-electron chi connectivity index (χ1n) is 5.14. The highest BCUT2D eigenvalue weighted by Crippen LogP contribution is 2.40. The molecule has 0 bridgehead atoms. The Morgan fingerprint density at radius 2 is 2.20 bits per heavy atom. The fourth-order valence-corrected chi connectivity index (χ4v) is 1.63. The van der Waals surface area contributed by atoms with Crippen LogP contribution in [0.15, 0.2) is 34.9 Å². The molecular formula is C12H12N2O. The van der Waals surface area contributed by atoms with Crippen molar-refractivity contribution in [3.8, 4) is 11.3 Å². The molecule has 1 fully saturated rings. The molecule has 0 atom stereocenters. The summed E-state index contributed by atoms with van der Waals surface area (Å²) in [6.07, 6.45) is 4.19. The van der Waals surface area contributed by atoms with Crippen LogP contribution in [0.25, 0.3) is 11.3 Å². The molecule has 3 nitrogen and oxygen atoms in total. The lowest BCUT2D eigenvalue weighted by atomic mass is 10.2. The first-order chi connectivity index (χ1) is 7.33. The Balaban J connectivity index is 1.97. The number of nitrogen functional groups attached to an aromatic ring is 1. The average Bonchev–Trinajstić information content (AvgIpc) is 2.97. The van der Waals surface area contributed by atoms with Crippen LogP contribution in [0.3, 0.4) is 0 Å². The van der Waals surface area contributed by atoms with Crippen LogP contribution in [0.4, 0.5) is 5.69 Å².